The van der Waals surface area contributed by atoms with E-state index in [1.54, 1.807) is 0 Å². The molecular formula is C10H17N3O5. The van der Waals surface area contributed by atoms with Gasteiger partial charge in [-0.3, -0.25) is 19.7 Å². The molecule has 0 unspecified atom stereocenters. The SMILES string of the molecule is NC(=O)CCCCNC(=O)NC(=O)CCC(=O)O. The number of aliphatic carboxylic acids is 1. The molecule has 102 valence electrons. The molecule has 0 saturated carbocycles. The summed E-state index contributed by atoms with van der Waals surface area (Å²) in [6.07, 6.45) is 0.811. The van der Waals surface area contributed by atoms with Gasteiger partial charge in [0.25, 0.3) is 0 Å². The molecule has 0 bridgehead atoms. The first kappa shape index (κ1) is 15.9. The summed E-state index contributed by atoms with van der Waals surface area (Å²) < 4.78 is 0. The number of hydrogen-bond acceptors (Lipinski definition) is 4. The monoisotopic (exact) mass is 259 g/mol. The van der Waals surface area contributed by atoms with Crippen LogP contribution in [0.25, 0.3) is 0 Å². The quantitative estimate of drug-likeness (QED) is 0.428. The van der Waals surface area contributed by atoms with Crippen molar-refractivity contribution in [3.8, 4) is 0 Å². The minimum absolute atomic E-state index is 0.246. The fraction of sp³-hybridized carbons (Fsp3) is 0.600. The summed E-state index contributed by atoms with van der Waals surface area (Å²) in [6.45, 7) is 0.311. The van der Waals surface area contributed by atoms with Crippen molar-refractivity contribution in [2.45, 2.75) is 32.1 Å². The normalized spacial score (nSPS) is 9.56. The number of hydrogen-bond donors (Lipinski definition) is 4. The fourth-order valence-electron chi connectivity index (χ4n) is 1.08. The summed E-state index contributed by atoms with van der Waals surface area (Å²) >= 11 is 0. The Balaban J connectivity index is 3.55. The van der Waals surface area contributed by atoms with E-state index in [1.807, 2.05) is 5.32 Å². The van der Waals surface area contributed by atoms with Gasteiger partial charge in [-0.2, -0.15) is 0 Å². The maximum atomic E-state index is 11.1. The van der Waals surface area contributed by atoms with Crippen molar-refractivity contribution in [3.63, 3.8) is 0 Å². The minimum Gasteiger partial charge on any atom is -0.481 e. The highest BCUT2D eigenvalue weighted by Crippen LogP contribution is 1.92. The number of carbonyl (C=O) groups is 4. The lowest BCUT2D eigenvalue weighted by Gasteiger charge is -2.05. The number of imide groups is 1. The Morgan fingerprint density at radius 1 is 1.00 bits per heavy atom. The third-order valence-electron chi connectivity index (χ3n) is 1.95. The minimum atomic E-state index is -1.10. The molecule has 0 aliphatic rings. The van der Waals surface area contributed by atoms with Gasteiger partial charge in [0.2, 0.25) is 11.8 Å². The highest BCUT2D eigenvalue weighted by atomic mass is 16.4. The van der Waals surface area contributed by atoms with Crippen LogP contribution >= 0.6 is 0 Å². The van der Waals surface area contributed by atoms with Gasteiger partial charge in [-0.05, 0) is 12.8 Å². The average molecular weight is 259 g/mol. The molecule has 0 aliphatic carbocycles. The van der Waals surface area contributed by atoms with Crippen LogP contribution < -0.4 is 16.4 Å². The number of carbonyl (C=O) groups excluding carboxylic acids is 3. The molecule has 18 heavy (non-hydrogen) atoms. The van der Waals surface area contributed by atoms with Crippen molar-refractivity contribution < 1.29 is 24.3 Å². The van der Waals surface area contributed by atoms with Crippen LogP contribution in [0.15, 0.2) is 0 Å². The van der Waals surface area contributed by atoms with Gasteiger partial charge in [-0.15, -0.1) is 0 Å². The second kappa shape index (κ2) is 8.97. The fourth-order valence-corrected chi connectivity index (χ4v) is 1.08. The second-order valence-corrected chi connectivity index (χ2v) is 3.62. The predicted octanol–water partition coefficient (Wildman–Crippen LogP) is -0.667. The lowest BCUT2D eigenvalue weighted by Crippen LogP contribution is -2.39. The van der Waals surface area contributed by atoms with Crippen LogP contribution in [-0.4, -0.2) is 35.5 Å². The molecule has 0 heterocycles. The van der Waals surface area contributed by atoms with Crippen LogP contribution in [-0.2, 0) is 14.4 Å². The first-order valence-electron chi connectivity index (χ1n) is 5.49. The van der Waals surface area contributed by atoms with Crippen LogP contribution in [0.4, 0.5) is 4.79 Å². The van der Waals surface area contributed by atoms with Crippen molar-refractivity contribution in [2.24, 2.45) is 5.73 Å². The van der Waals surface area contributed by atoms with Gasteiger partial charge < -0.3 is 16.2 Å². The number of rotatable bonds is 8. The molecule has 0 aromatic rings. The number of primary amides is 1. The van der Waals surface area contributed by atoms with Crippen LogP contribution in [0.3, 0.4) is 0 Å². The molecule has 0 fully saturated rings. The Bertz CT molecular complexity index is 329. The number of nitrogens with two attached hydrogens (primary N) is 1. The van der Waals surface area contributed by atoms with Crippen molar-refractivity contribution in [1.82, 2.24) is 10.6 Å². The number of unbranched alkanes of at least 4 members (excludes halogenated alkanes) is 1. The van der Waals surface area contributed by atoms with Gasteiger partial charge in [-0.1, -0.05) is 0 Å². The molecule has 0 spiro atoms. The molecule has 4 amide bonds. The summed E-state index contributed by atoms with van der Waals surface area (Å²) in [5.41, 5.74) is 4.93. The smallest absolute Gasteiger partial charge is 0.321 e. The third kappa shape index (κ3) is 10.4. The first-order valence-corrected chi connectivity index (χ1v) is 5.49. The average Bonchev–Trinajstić information content (AvgIpc) is 2.25. The van der Waals surface area contributed by atoms with Crippen LogP contribution in [0.5, 0.6) is 0 Å². The highest BCUT2D eigenvalue weighted by molar-refractivity contribution is 5.95. The van der Waals surface area contributed by atoms with E-state index in [0.29, 0.717) is 19.4 Å². The van der Waals surface area contributed by atoms with Crippen molar-refractivity contribution in [3.05, 3.63) is 0 Å². The van der Waals surface area contributed by atoms with Gasteiger partial charge in [0, 0.05) is 19.4 Å². The Labute approximate surface area is 104 Å². The maximum Gasteiger partial charge on any atom is 0.321 e. The van der Waals surface area contributed by atoms with Crippen LogP contribution in [0.2, 0.25) is 0 Å². The number of amides is 4. The van der Waals surface area contributed by atoms with E-state index in [4.69, 9.17) is 10.8 Å². The van der Waals surface area contributed by atoms with Crippen molar-refractivity contribution in [2.75, 3.05) is 6.54 Å². The molecule has 0 radical (unpaired) electrons. The lowest BCUT2D eigenvalue weighted by atomic mass is 10.2. The number of carboxylic acids is 1. The van der Waals surface area contributed by atoms with Gasteiger partial charge >= 0.3 is 12.0 Å². The molecule has 5 N–H and O–H groups in total. The number of nitrogens with one attached hydrogen (secondary N) is 2. The number of urea groups is 1. The van der Waals surface area contributed by atoms with Crippen LogP contribution in [0, 0.1) is 0 Å². The molecule has 0 aromatic heterocycles. The molecule has 8 nitrogen and oxygen atoms in total. The summed E-state index contributed by atoms with van der Waals surface area (Å²) in [6, 6.07) is -0.676. The molecule has 0 saturated heterocycles. The molecule has 8 heteroatoms. The van der Waals surface area contributed by atoms with Gasteiger partial charge in [0.05, 0.1) is 6.42 Å². The topological polar surface area (TPSA) is 139 Å². The van der Waals surface area contributed by atoms with E-state index in [1.165, 1.54) is 0 Å². The van der Waals surface area contributed by atoms with E-state index in [-0.39, 0.29) is 19.3 Å². The van der Waals surface area contributed by atoms with Gasteiger partial charge in [0.1, 0.15) is 0 Å². The summed E-state index contributed by atoms with van der Waals surface area (Å²) in [5.74, 6) is -2.15. The van der Waals surface area contributed by atoms with E-state index < -0.39 is 23.8 Å². The van der Waals surface area contributed by atoms with Crippen LogP contribution in [0.1, 0.15) is 32.1 Å². The van der Waals surface area contributed by atoms with Gasteiger partial charge in [-0.25, -0.2) is 4.79 Å². The molecule has 0 atom stereocenters. The zero-order valence-corrected chi connectivity index (χ0v) is 9.90. The van der Waals surface area contributed by atoms with Crippen molar-refractivity contribution >= 4 is 23.8 Å². The predicted molar refractivity (Wildman–Crippen MR) is 61.5 cm³/mol. The highest BCUT2D eigenvalue weighted by Gasteiger charge is 2.08. The van der Waals surface area contributed by atoms with E-state index in [0.717, 1.165) is 0 Å². The second-order valence-electron chi connectivity index (χ2n) is 3.62. The Kier molecular flexibility index (Phi) is 7.91. The van der Waals surface area contributed by atoms with E-state index in [2.05, 4.69) is 5.32 Å². The largest absolute Gasteiger partial charge is 0.481 e. The first-order chi connectivity index (χ1) is 8.41. The summed E-state index contributed by atoms with van der Waals surface area (Å²) in [4.78, 5) is 42.7. The van der Waals surface area contributed by atoms with E-state index in [9.17, 15) is 19.2 Å². The third-order valence-corrected chi connectivity index (χ3v) is 1.95. The molecular weight excluding hydrogens is 242 g/mol. The molecule has 0 rings (SSSR count). The lowest BCUT2D eigenvalue weighted by molar-refractivity contribution is -0.138. The van der Waals surface area contributed by atoms with E-state index >= 15 is 0 Å². The van der Waals surface area contributed by atoms with Crippen molar-refractivity contribution in [1.29, 1.82) is 0 Å². The standard InChI is InChI=1S/C10H17N3O5/c11-7(14)3-1-2-6-12-10(18)13-8(15)4-5-9(16)17/h1-6H2,(H2,11,14)(H,16,17)(H2,12,13,15,18). The Morgan fingerprint density at radius 2 is 1.67 bits per heavy atom. The molecule has 0 aromatic carbocycles. The zero-order chi connectivity index (χ0) is 14.0. The Morgan fingerprint density at radius 3 is 2.22 bits per heavy atom. The summed E-state index contributed by atoms with van der Waals surface area (Å²) in [7, 11) is 0. The zero-order valence-electron chi connectivity index (χ0n) is 9.90. The maximum absolute atomic E-state index is 11.1. The van der Waals surface area contributed by atoms with Gasteiger partial charge in [0.15, 0.2) is 0 Å². The Hall–Kier alpha value is -2.12. The molecule has 0 aliphatic heterocycles. The summed E-state index contributed by atoms with van der Waals surface area (Å²) in [5, 5.41) is 12.7. The number of carboxylic acid groups (broad SMARTS) is 1.